The Labute approximate surface area is 97.2 Å². The number of hydrogen-bond acceptors (Lipinski definition) is 1. The van der Waals surface area contributed by atoms with Gasteiger partial charge in [0.25, 0.3) is 0 Å². The van der Waals surface area contributed by atoms with Gasteiger partial charge in [-0.2, -0.15) is 6.42 Å². The molecule has 62 valence electrons. The van der Waals surface area contributed by atoms with Gasteiger partial charge in [0.2, 0.25) is 0 Å². The standard InChI is InChI=1S/C4H7ClO.C4H9.Na/c1-3(5)4(2)6;1-3-4-2;/h3H,1-2H3;1,3-4H2,2H3;/q;-1;+1. The van der Waals surface area contributed by atoms with Crippen molar-refractivity contribution in [2.75, 3.05) is 0 Å². The number of halogens is 1. The number of alkyl halides is 1. The van der Waals surface area contributed by atoms with Crippen LogP contribution in [0.15, 0.2) is 0 Å². The van der Waals surface area contributed by atoms with Crippen molar-refractivity contribution in [2.24, 2.45) is 0 Å². The molecule has 0 fully saturated rings. The maximum Gasteiger partial charge on any atom is 1.00 e. The molecule has 0 saturated heterocycles. The predicted octanol–water partition coefficient (Wildman–Crippen LogP) is -0.173. The second kappa shape index (κ2) is 13.5. The molecule has 0 aliphatic carbocycles. The number of carbonyl (C=O) groups excluding carboxylic acids is 1. The first-order valence-corrected chi connectivity index (χ1v) is 3.93. The minimum Gasteiger partial charge on any atom is -0.343 e. The number of unbranched alkanes of at least 4 members (excludes halogenated alkanes) is 1. The van der Waals surface area contributed by atoms with E-state index >= 15 is 0 Å². The van der Waals surface area contributed by atoms with E-state index in [1.807, 2.05) is 0 Å². The third-order valence-electron chi connectivity index (χ3n) is 0.914. The Balaban J connectivity index is -0.000000114. The first kappa shape index (κ1) is 17.9. The minimum atomic E-state index is -0.315. The fraction of sp³-hybridized carbons (Fsp3) is 0.750. The van der Waals surface area contributed by atoms with Crippen molar-refractivity contribution in [3.8, 4) is 0 Å². The Bertz CT molecular complexity index is 82.2. The minimum absolute atomic E-state index is 0. The zero-order valence-corrected chi connectivity index (χ0v) is 10.7. The largest absolute Gasteiger partial charge is 1.00 e. The van der Waals surface area contributed by atoms with Crippen molar-refractivity contribution in [2.45, 2.75) is 39.0 Å². The average Bonchev–Trinajstić information content (AvgIpc) is 1.89. The van der Waals surface area contributed by atoms with Crippen molar-refractivity contribution < 1.29 is 34.4 Å². The summed E-state index contributed by atoms with van der Waals surface area (Å²) in [6.45, 7) is 8.85. The maximum absolute atomic E-state index is 10.0. The fourth-order valence-corrected chi connectivity index (χ4v) is 0. The van der Waals surface area contributed by atoms with E-state index in [0.717, 1.165) is 6.42 Å². The van der Waals surface area contributed by atoms with Gasteiger partial charge in [0.1, 0.15) is 5.78 Å². The van der Waals surface area contributed by atoms with Crippen molar-refractivity contribution >= 4 is 17.4 Å². The molecule has 0 aromatic carbocycles. The summed E-state index contributed by atoms with van der Waals surface area (Å²) >= 11 is 5.26. The fourth-order valence-electron chi connectivity index (χ4n) is 0. The molecule has 0 amide bonds. The summed E-state index contributed by atoms with van der Waals surface area (Å²) in [5.74, 6) is 0.0247. The second-order valence-corrected chi connectivity index (χ2v) is 2.73. The molecule has 0 aromatic rings. The van der Waals surface area contributed by atoms with Crippen LogP contribution in [-0.4, -0.2) is 11.2 Å². The molecule has 1 nitrogen and oxygen atoms in total. The first-order chi connectivity index (χ1) is 4.56. The molecule has 1 unspecified atom stereocenters. The third kappa shape index (κ3) is 24.8. The molecule has 3 heteroatoms. The zero-order valence-electron chi connectivity index (χ0n) is 7.98. The van der Waals surface area contributed by atoms with Crippen LogP contribution in [-0.2, 0) is 4.79 Å². The molecular formula is C8H16ClNaO. The van der Waals surface area contributed by atoms with E-state index in [-0.39, 0.29) is 40.7 Å². The van der Waals surface area contributed by atoms with Crippen LogP contribution in [0.4, 0.5) is 0 Å². The van der Waals surface area contributed by atoms with Gasteiger partial charge in [-0.1, -0.05) is 13.3 Å². The molecule has 0 rings (SSSR count). The van der Waals surface area contributed by atoms with Crippen LogP contribution in [0.25, 0.3) is 0 Å². The summed E-state index contributed by atoms with van der Waals surface area (Å²) in [5.41, 5.74) is 0. The van der Waals surface area contributed by atoms with Crippen LogP contribution < -0.4 is 29.6 Å². The molecule has 1 atom stereocenters. The summed E-state index contributed by atoms with van der Waals surface area (Å²) in [6.07, 6.45) is 2.28. The smallest absolute Gasteiger partial charge is 0.343 e. The van der Waals surface area contributed by atoms with Gasteiger partial charge in [-0.05, 0) is 13.8 Å². The Hall–Kier alpha value is 0.960. The van der Waals surface area contributed by atoms with Gasteiger partial charge >= 0.3 is 29.6 Å². The van der Waals surface area contributed by atoms with Crippen LogP contribution >= 0.6 is 11.6 Å². The normalized spacial score (nSPS) is 10.3. The topological polar surface area (TPSA) is 17.1 Å². The van der Waals surface area contributed by atoms with Crippen LogP contribution in [0.5, 0.6) is 0 Å². The molecule has 0 spiro atoms. The summed E-state index contributed by atoms with van der Waals surface area (Å²) in [6, 6.07) is 0. The molecular weight excluding hydrogens is 171 g/mol. The first-order valence-electron chi connectivity index (χ1n) is 3.50. The van der Waals surface area contributed by atoms with Crippen molar-refractivity contribution in [1.82, 2.24) is 0 Å². The third-order valence-corrected chi connectivity index (χ3v) is 1.22. The van der Waals surface area contributed by atoms with Crippen LogP contribution in [0.3, 0.4) is 0 Å². The van der Waals surface area contributed by atoms with Gasteiger partial charge in [0, 0.05) is 0 Å². The number of Topliss-reactive ketones (excluding diaryl/α,β-unsaturated/α-hetero) is 1. The molecule has 0 bridgehead atoms. The van der Waals surface area contributed by atoms with Crippen LogP contribution in [0.2, 0.25) is 0 Å². The number of hydrogen-bond donors (Lipinski definition) is 0. The monoisotopic (exact) mass is 186 g/mol. The van der Waals surface area contributed by atoms with Gasteiger partial charge in [0.15, 0.2) is 0 Å². The van der Waals surface area contributed by atoms with Gasteiger partial charge in [-0.3, -0.25) is 4.79 Å². The van der Waals surface area contributed by atoms with Crippen LogP contribution in [0.1, 0.15) is 33.6 Å². The Morgan fingerprint density at radius 2 is 1.82 bits per heavy atom. The predicted molar refractivity (Wildman–Crippen MR) is 46.3 cm³/mol. The molecule has 0 radical (unpaired) electrons. The molecule has 0 aliphatic heterocycles. The SMILES string of the molecule is CC(=O)C(C)Cl.[CH2-]CCC.[Na+]. The summed E-state index contributed by atoms with van der Waals surface area (Å²) in [5, 5.41) is -0.315. The van der Waals surface area contributed by atoms with Gasteiger partial charge in [-0.25, -0.2) is 0 Å². The van der Waals surface area contributed by atoms with E-state index in [1.165, 1.54) is 13.3 Å². The molecule has 0 heterocycles. The molecule has 0 aliphatic rings. The maximum atomic E-state index is 10.0. The van der Waals surface area contributed by atoms with Crippen LogP contribution in [0, 0.1) is 6.92 Å². The molecule has 11 heavy (non-hydrogen) atoms. The molecule has 0 N–H and O–H groups in total. The second-order valence-electron chi connectivity index (χ2n) is 2.08. The van der Waals surface area contributed by atoms with Gasteiger partial charge in [-0.15, -0.1) is 11.6 Å². The zero-order chi connectivity index (χ0) is 8.57. The number of carbonyl (C=O) groups is 1. The summed E-state index contributed by atoms with van der Waals surface area (Å²) in [4.78, 5) is 10.0. The molecule has 0 saturated carbocycles. The van der Waals surface area contributed by atoms with E-state index in [4.69, 9.17) is 11.6 Å². The summed E-state index contributed by atoms with van der Waals surface area (Å²) < 4.78 is 0. The Morgan fingerprint density at radius 3 is 1.82 bits per heavy atom. The van der Waals surface area contributed by atoms with E-state index < -0.39 is 0 Å². The number of ketones is 1. The number of rotatable bonds is 2. The van der Waals surface area contributed by atoms with E-state index in [0.29, 0.717) is 0 Å². The Morgan fingerprint density at radius 1 is 1.64 bits per heavy atom. The van der Waals surface area contributed by atoms with E-state index in [1.54, 1.807) is 6.92 Å². The quantitative estimate of drug-likeness (QED) is 0.333. The van der Waals surface area contributed by atoms with E-state index in [2.05, 4.69) is 13.8 Å². The average molecular weight is 187 g/mol. The van der Waals surface area contributed by atoms with Crippen molar-refractivity contribution in [1.29, 1.82) is 0 Å². The van der Waals surface area contributed by atoms with Crippen molar-refractivity contribution in [3.63, 3.8) is 0 Å². The van der Waals surface area contributed by atoms with Crippen molar-refractivity contribution in [3.05, 3.63) is 6.92 Å². The Kier molecular flexibility index (Phi) is 22.0. The van der Waals surface area contributed by atoms with E-state index in [9.17, 15) is 4.79 Å². The van der Waals surface area contributed by atoms with Gasteiger partial charge in [0.05, 0.1) is 5.38 Å². The summed E-state index contributed by atoms with van der Waals surface area (Å²) in [7, 11) is 0. The van der Waals surface area contributed by atoms with Gasteiger partial charge < -0.3 is 6.92 Å². The molecule has 0 aromatic heterocycles.